The van der Waals surface area contributed by atoms with Crippen molar-refractivity contribution in [3.8, 4) is 11.5 Å². The van der Waals surface area contributed by atoms with Gasteiger partial charge in [0, 0.05) is 24.7 Å². The molecule has 3 aromatic rings. The number of carbonyl (C=O) groups excluding carboxylic acids is 2. The van der Waals surface area contributed by atoms with Crippen molar-refractivity contribution < 1.29 is 19.1 Å². The van der Waals surface area contributed by atoms with E-state index < -0.39 is 0 Å². The summed E-state index contributed by atoms with van der Waals surface area (Å²) in [7, 11) is 4.47. The molecular weight excluding hydrogens is 346 g/mol. The molecule has 0 aliphatic rings. The second kappa shape index (κ2) is 7.74. The number of carbonyl (C=O) groups is 2. The molecule has 2 amide bonds. The highest BCUT2D eigenvalue weighted by Gasteiger charge is 2.18. The van der Waals surface area contributed by atoms with Gasteiger partial charge in [-0.1, -0.05) is 18.2 Å². The maximum Gasteiger partial charge on any atom is 0.257 e. The van der Waals surface area contributed by atoms with Gasteiger partial charge in [0.15, 0.2) is 11.5 Å². The van der Waals surface area contributed by atoms with Crippen LogP contribution in [0.2, 0.25) is 0 Å². The minimum Gasteiger partial charge on any atom is -0.493 e. The molecule has 0 bridgehead atoms. The van der Waals surface area contributed by atoms with E-state index in [0.717, 1.165) is 10.9 Å². The lowest BCUT2D eigenvalue weighted by atomic mass is 10.1. The van der Waals surface area contributed by atoms with Crippen molar-refractivity contribution in [1.82, 2.24) is 10.3 Å². The van der Waals surface area contributed by atoms with Crippen molar-refractivity contribution in [2.45, 2.75) is 0 Å². The van der Waals surface area contributed by atoms with E-state index in [-0.39, 0.29) is 17.4 Å². The van der Waals surface area contributed by atoms with E-state index in [4.69, 9.17) is 9.47 Å². The number of methoxy groups -OCH3 is 2. The molecule has 0 saturated carbocycles. The van der Waals surface area contributed by atoms with Crippen LogP contribution in [0, 0.1) is 0 Å². The number of benzene rings is 2. The Balaban J connectivity index is 1.99. The van der Waals surface area contributed by atoms with Crippen LogP contribution in [0.3, 0.4) is 0 Å². The summed E-state index contributed by atoms with van der Waals surface area (Å²) in [4.78, 5) is 29.2. The van der Waals surface area contributed by atoms with Crippen molar-refractivity contribution in [2.24, 2.45) is 0 Å². The molecular formula is C20H19N3O4. The first-order valence-electron chi connectivity index (χ1n) is 8.21. The molecule has 0 saturated heterocycles. The Bertz CT molecular complexity index is 1020. The minimum absolute atomic E-state index is 0.261. The fourth-order valence-corrected chi connectivity index (χ4v) is 2.69. The summed E-state index contributed by atoms with van der Waals surface area (Å²) in [6, 6.07) is 12.3. The summed E-state index contributed by atoms with van der Waals surface area (Å²) < 4.78 is 10.5. The topological polar surface area (TPSA) is 89.5 Å². The maximum atomic E-state index is 12.7. The predicted molar refractivity (Wildman–Crippen MR) is 103 cm³/mol. The molecule has 1 aromatic heterocycles. The van der Waals surface area contributed by atoms with Gasteiger partial charge in [-0.15, -0.1) is 0 Å². The Kier molecular flexibility index (Phi) is 5.21. The molecule has 7 nitrogen and oxygen atoms in total. The quantitative estimate of drug-likeness (QED) is 0.726. The number of ether oxygens (including phenoxy) is 2. The van der Waals surface area contributed by atoms with Gasteiger partial charge in [0.25, 0.3) is 11.8 Å². The number of amides is 2. The van der Waals surface area contributed by atoms with Gasteiger partial charge >= 0.3 is 0 Å². The maximum absolute atomic E-state index is 12.7. The van der Waals surface area contributed by atoms with Crippen molar-refractivity contribution in [3.05, 3.63) is 59.8 Å². The number of fused-ring (bicyclic) bond motifs is 1. The molecule has 7 heteroatoms. The van der Waals surface area contributed by atoms with Gasteiger partial charge in [-0.2, -0.15) is 0 Å². The van der Waals surface area contributed by atoms with Crippen LogP contribution < -0.4 is 20.1 Å². The summed E-state index contributed by atoms with van der Waals surface area (Å²) in [6.07, 6.45) is 1.50. The van der Waals surface area contributed by atoms with Crippen LogP contribution in [0.4, 0.5) is 5.69 Å². The van der Waals surface area contributed by atoms with Gasteiger partial charge in [-0.3, -0.25) is 14.6 Å². The molecule has 0 unspecified atom stereocenters. The zero-order valence-electron chi connectivity index (χ0n) is 15.2. The first-order valence-corrected chi connectivity index (χ1v) is 8.21. The van der Waals surface area contributed by atoms with Crippen molar-refractivity contribution >= 4 is 28.4 Å². The summed E-state index contributed by atoms with van der Waals surface area (Å²) in [5, 5.41) is 6.16. The molecule has 0 aliphatic heterocycles. The molecule has 2 aromatic carbocycles. The average Bonchev–Trinajstić information content (AvgIpc) is 2.72. The third-order valence-corrected chi connectivity index (χ3v) is 4.10. The summed E-state index contributed by atoms with van der Waals surface area (Å²) >= 11 is 0. The number of pyridine rings is 1. The van der Waals surface area contributed by atoms with Crippen molar-refractivity contribution in [1.29, 1.82) is 0 Å². The van der Waals surface area contributed by atoms with Crippen LogP contribution in [0.5, 0.6) is 11.5 Å². The molecule has 0 aliphatic carbocycles. The number of rotatable bonds is 5. The van der Waals surface area contributed by atoms with Crippen LogP contribution in [-0.4, -0.2) is 38.1 Å². The third kappa shape index (κ3) is 3.67. The second-order valence-electron chi connectivity index (χ2n) is 5.70. The normalized spacial score (nSPS) is 10.3. The summed E-state index contributed by atoms with van der Waals surface area (Å²) in [6.45, 7) is 0. The number of aromatic nitrogens is 1. The van der Waals surface area contributed by atoms with Gasteiger partial charge in [0.05, 0.1) is 36.6 Å². The standard InChI is InChI=1S/C20H19N3O4/c1-21-20(25)14-9-17(26-2)18(27-3)10-16(14)23-19(24)13-8-12-6-4-5-7-15(12)22-11-13/h4-11H,1-3H3,(H,21,25)(H,23,24). The lowest BCUT2D eigenvalue weighted by Crippen LogP contribution is -2.22. The first kappa shape index (κ1) is 18.2. The highest BCUT2D eigenvalue weighted by molar-refractivity contribution is 6.10. The van der Waals surface area contributed by atoms with E-state index in [1.54, 1.807) is 12.1 Å². The molecule has 27 heavy (non-hydrogen) atoms. The van der Waals surface area contributed by atoms with Crippen LogP contribution in [0.25, 0.3) is 10.9 Å². The lowest BCUT2D eigenvalue weighted by molar-refractivity contribution is 0.0963. The summed E-state index contributed by atoms with van der Waals surface area (Å²) in [5.74, 6) is 0.0482. The fraction of sp³-hybridized carbons (Fsp3) is 0.150. The number of anilines is 1. The number of para-hydroxylation sites is 1. The third-order valence-electron chi connectivity index (χ3n) is 4.10. The largest absolute Gasteiger partial charge is 0.493 e. The van der Waals surface area contributed by atoms with E-state index in [2.05, 4.69) is 15.6 Å². The Morgan fingerprint density at radius 3 is 2.37 bits per heavy atom. The SMILES string of the molecule is CNC(=O)c1cc(OC)c(OC)cc1NC(=O)c1cnc2ccccc2c1. The van der Waals surface area contributed by atoms with Crippen LogP contribution >= 0.6 is 0 Å². The molecule has 0 atom stereocenters. The van der Waals surface area contributed by atoms with E-state index >= 15 is 0 Å². The Morgan fingerprint density at radius 2 is 1.67 bits per heavy atom. The van der Waals surface area contributed by atoms with Crippen LogP contribution in [0.1, 0.15) is 20.7 Å². The highest BCUT2D eigenvalue weighted by atomic mass is 16.5. The number of nitrogens with zero attached hydrogens (tertiary/aromatic N) is 1. The van der Waals surface area contributed by atoms with Gasteiger partial charge in [-0.05, 0) is 18.2 Å². The van der Waals surface area contributed by atoms with E-state index in [0.29, 0.717) is 22.7 Å². The molecule has 0 fully saturated rings. The van der Waals surface area contributed by atoms with Crippen molar-refractivity contribution in [3.63, 3.8) is 0 Å². The number of hydrogen-bond acceptors (Lipinski definition) is 5. The molecule has 1 heterocycles. The Labute approximate surface area is 156 Å². The summed E-state index contributed by atoms with van der Waals surface area (Å²) in [5.41, 5.74) is 1.75. The first-order chi connectivity index (χ1) is 13.1. The minimum atomic E-state index is -0.384. The van der Waals surface area contributed by atoms with Gasteiger partial charge in [0.2, 0.25) is 0 Å². The van der Waals surface area contributed by atoms with E-state index in [9.17, 15) is 9.59 Å². The van der Waals surface area contributed by atoms with E-state index in [1.165, 1.54) is 33.5 Å². The lowest BCUT2D eigenvalue weighted by Gasteiger charge is -2.15. The van der Waals surface area contributed by atoms with Crippen LogP contribution in [0.15, 0.2) is 48.7 Å². The number of hydrogen-bond donors (Lipinski definition) is 2. The zero-order valence-corrected chi connectivity index (χ0v) is 15.2. The van der Waals surface area contributed by atoms with Gasteiger partial charge < -0.3 is 20.1 Å². The molecule has 2 N–H and O–H groups in total. The molecule has 0 spiro atoms. The highest BCUT2D eigenvalue weighted by Crippen LogP contribution is 2.33. The van der Waals surface area contributed by atoms with E-state index in [1.807, 2.05) is 24.3 Å². The van der Waals surface area contributed by atoms with Crippen molar-refractivity contribution in [2.75, 3.05) is 26.6 Å². The molecule has 138 valence electrons. The predicted octanol–water partition coefficient (Wildman–Crippen LogP) is 2.86. The van der Waals surface area contributed by atoms with Gasteiger partial charge in [-0.25, -0.2) is 0 Å². The fourth-order valence-electron chi connectivity index (χ4n) is 2.69. The molecule has 0 radical (unpaired) electrons. The molecule has 3 rings (SSSR count). The van der Waals surface area contributed by atoms with Crippen LogP contribution in [-0.2, 0) is 0 Å². The zero-order chi connectivity index (χ0) is 19.4. The van der Waals surface area contributed by atoms with Gasteiger partial charge in [0.1, 0.15) is 0 Å². The monoisotopic (exact) mass is 365 g/mol. The average molecular weight is 365 g/mol. The Morgan fingerprint density at radius 1 is 0.963 bits per heavy atom. The number of nitrogens with one attached hydrogen (secondary N) is 2. The smallest absolute Gasteiger partial charge is 0.257 e. The second-order valence-corrected chi connectivity index (χ2v) is 5.70. The Hall–Kier alpha value is -3.61.